The molecular weight excluding hydrogens is 494 g/mol. The Morgan fingerprint density at radius 3 is 2.65 bits per heavy atom. The summed E-state index contributed by atoms with van der Waals surface area (Å²) in [4.78, 5) is 42.6. The zero-order chi connectivity index (χ0) is 26.5. The first-order valence-electron chi connectivity index (χ1n) is 12.3. The lowest BCUT2D eigenvalue weighted by molar-refractivity contribution is -0.179. The molecular formula is C25H25F4N5O3. The van der Waals surface area contributed by atoms with E-state index in [9.17, 15) is 37.2 Å². The Hall–Kier alpha value is -3.62. The van der Waals surface area contributed by atoms with Crippen LogP contribution in [0.5, 0.6) is 0 Å². The summed E-state index contributed by atoms with van der Waals surface area (Å²) in [5.41, 5.74) is -0.476. The summed E-state index contributed by atoms with van der Waals surface area (Å²) in [5, 5.41) is 14.6. The number of alkyl halides is 2. The minimum absolute atomic E-state index is 0.00224. The molecule has 3 saturated heterocycles. The highest BCUT2D eigenvalue weighted by molar-refractivity contribution is 6.01. The predicted molar refractivity (Wildman–Crippen MR) is 122 cm³/mol. The summed E-state index contributed by atoms with van der Waals surface area (Å²) in [6.07, 6.45) is 0.861. The third kappa shape index (κ3) is 4.40. The zero-order valence-corrected chi connectivity index (χ0v) is 19.7. The van der Waals surface area contributed by atoms with E-state index in [1.807, 2.05) is 6.07 Å². The summed E-state index contributed by atoms with van der Waals surface area (Å²) in [6, 6.07) is 1.14. The van der Waals surface area contributed by atoms with E-state index in [4.69, 9.17) is 0 Å². The lowest BCUT2D eigenvalue weighted by Crippen LogP contribution is -2.68. The molecule has 5 atom stereocenters. The average Bonchev–Trinajstić information content (AvgIpc) is 3.33. The number of fused-ring (bicyclic) bond motifs is 4. The van der Waals surface area contributed by atoms with Crippen LogP contribution in [0.3, 0.4) is 0 Å². The van der Waals surface area contributed by atoms with E-state index < -0.39 is 65.8 Å². The zero-order valence-electron chi connectivity index (χ0n) is 19.7. The van der Waals surface area contributed by atoms with Gasteiger partial charge in [-0.2, -0.15) is 5.26 Å². The molecule has 4 heterocycles. The van der Waals surface area contributed by atoms with Crippen molar-refractivity contribution in [2.24, 2.45) is 11.8 Å². The Morgan fingerprint density at radius 1 is 1.22 bits per heavy atom. The van der Waals surface area contributed by atoms with Crippen LogP contribution in [0.4, 0.5) is 17.6 Å². The van der Waals surface area contributed by atoms with E-state index in [-0.39, 0.29) is 41.8 Å². The van der Waals surface area contributed by atoms with Gasteiger partial charge >= 0.3 is 0 Å². The third-order valence-corrected chi connectivity index (χ3v) is 7.75. The number of aromatic nitrogens is 1. The maximum atomic E-state index is 14.9. The Kier molecular flexibility index (Phi) is 6.33. The maximum Gasteiger partial charge on any atom is 0.271 e. The summed E-state index contributed by atoms with van der Waals surface area (Å²) in [7, 11) is 0. The van der Waals surface area contributed by atoms with Gasteiger partial charge in [-0.15, -0.1) is 0 Å². The normalized spacial score (nSPS) is 27.4. The summed E-state index contributed by atoms with van der Waals surface area (Å²) >= 11 is 0. The second-order valence-corrected chi connectivity index (χ2v) is 10.0. The first kappa shape index (κ1) is 25.0. The average molecular weight is 519 g/mol. The SMILES string of the molecule is N#C[C@@H](C[C@@H]1CCCNC1=O)NC(=O)[C@@H]1[C@H]2CC[C@H](CC2(F)F)N1C(=O)c1cc2c(F)ccc(F)c2[nH]1. The molecule has 2 aromatic rings. The number of hydrogen-bond acceptors (Lipinski definition) is 4. The van der Waals surface area contributed by atoms with Crippen LogP contribution in [0.25, 0.3) is 10.9 Å². The van der Waals surface area contributed by atoms with Gasteiger partial charge in [-0.25, -0.2) is 17.6 Å². The number of piperidine rings is 3. The molecule has 1 aromatic carbocycles. The van der Waals surface area contributed by atoms with Gasteiger partial charge in [0.2, 0.25) is 11.8 Å². The highest BCUT2D eigenvalue weighted by Crippen LogP contribution is 2.49. The van der Waals surface area contributed by atoms with Crippen molar-refractivity contribution in [2.75, 3.05) is 6.54 Å². The van der Waals surface area contributed by atoms with Crippen LogP contribution in [-0.2, 0) is 9.59 Å². The minimum Gasteiger partial charge on any atom is -0.356 e. The Bertz CT molecular complexity index is 1270. The molecule has 37 heavy (non-hydrogen) atoms. The lowest BCUT2D eigenvalue weighted by Gasteiger charge is -2.53. The molecule has 4 aliphatic rings. The molecule has 0 radical (unpaired) electrons. The topological polar surface area (TPSA) is 118 Å². The van der Waals surface area contributed by atoms with Crippen LogP contribution < -0.4 is 10.6 Å². The standard InChI is InChI=1S/C25H25F4N5O3/c26-17-5-6-18(27)20-15(17)9-19(33-20)24(37)34-14-3-4-16(25(28,29)10-14)21(34)23(36)32-13(11-30)8-12-2-1-7-31-22(12)35/h5-6,9,12-14,16,21,33H,1-4,7-8,10H2,(H,31,35)(H,32,36)/t12-,13+,14+,16+,21-/m0/s1. The van der Waals surface area contributed by atoms with Gasteiger partial charge in [0.1, 0.15) is 29.4 Å². The Balaban J connectivity index is 1.43. The fourth-order valence-electron chi connectivity index (χ4n) is 5.95. The van der Waals surface area contributed by atoms with Crippen molar-refractivity contribution in [3.8, 4) is 6.07 Å². The molecule has 8 nitrogen and oxygen atoms in total. The van der Waals surface area contributed by atoms with E-state index in [0.29, 0.717) is 13.0 Å². The van der Waals surface area contributed by atoms with Crippen LogP contribution >= 0.6 is 0 Å². The number of nitrogens with one attached hydrogen (secondary N) is 3. The van der Waals surface area contributed by atoms with Gasteiger partial charge < -0.3 is 20.5 Å². The number of nitriles is 1. The number of carbonyl (C=O) groups excluding carboxylic acids is 3. The number of nitrogens with zero attached hydrogens (tertiary/aromatic N) is 2. The molecule has 3 aliphatic heterocycles. The minimum atomic E-state index is -3.22. The second kappa shape index (κ2) is 9.36. The van der Waals surface area contributed by atoms with Crippen molar-refractivity contribution in [3.05, 3.63) is 35.5 Å². The highest BCUT2D eigenvalue weighted by Gasteiger charge is 2.60. The Morgan fingerprint density at radius 2 is 1.97 bits per heavy atom. The number of hydrogen-bond donors (Lipinski definition) is 3. The number of rotatable bonds is 5. The van der Waals surface area contributed by atoms with E-state index in [2.05, 4.69) is 15.6 Å². The number of carbonyl (C=O) groups is 3. The van der Waals surface area contributed by atoms with E-state index in [1.54, 1.807) is 0 Å². The Labute approximate surface area is 209 Å². The van der Waals surface area contributed by atoms with Gasteiger partial charge in [-0.3, -0.25) is 14.4 Å². The molecule has 3 amide bonds. The van der Waals surface area contributed by atoms with Gasteiger partial charge in [-0.1, -0.05) is 0 Å². The molecule has 2 bridgehead atoms. The van der Waals surface area contributed by atoms with Crippen molar-refractivity contribution < 1.29 is 31.9 Å². The summed E-state index contributed by atoms with van der Waals surface area (Å²) in [6.45, 7) is 0.526. The predicted octanol–water partition coefficient (Wildman–Crippen LogP) is 3.00. The summed E-state index contributed by atoms with van der Waals surface area (Å²) in [5.74, 6) is -8.76. The van der Waals surface area contributed by atoms with Crippen LogP contribution in [0.1, 0.15) is 49.0 Å². The van der Waals surface area contributed by atoms with Gasteiger partial charge in [0, 0.05) is 30.3 Å². The molecule has 0 unspecified atom stereocenters. The van der Waals surface area contributed by atoms with Crippen LogP contribution in [-0.4, -0.2) is 58.2 Å². The molecule has 196 valence electrons. The lowest BCUT2D eigenvalue weighted by atomic mass is 9.71. The van der Waals surface area contributed by atoms with Gasteiger partial charge in [0.25, 0.3) is 11.8 Å². The van der Waals surface area contributed by atoms with Crippen LogP contribution in [0.2, 0.25) is 0 Å². The molecule has 6 rings (SSSR count). The quantitative estimate of drug-likeness (QED) is 0.527. The first-order chi connectivity index (χ1) is 17.6. The molecule has 3 N–H and O–H groups in total. The van der Waals surface area contributed by atoms with Crippen molar-refractivity contribution in [1.82, 2.24) is 20.5 Å². The fourth-order valence-corrected chi connectivity index (χ4v) is 5.95. The molecule has 4 fully saturated rings. The fraction of sp³-hybridized carbons (Fsp3) is 0.520. The molecule has 0 spiro atoms. The van der Waals surface area contributed by atoms with Crippen molar-refractivity contribution in [2.45, 2.75) is 62.6 Å². The third-order valence-electron chi connectivity index (χ3n) is 7.75. The van der Waals surface area contributed by atoms with Crippen molar-refractivity contribution >= 4 is 28.6 Å². The molecule has 1 saturated carbocycles. The van der Waals surface area contributed by atoms with Crippen molar-refractivity contribution in [3.63, 3.8) is 0 Å². The smallest absolute Gasteiger partial charge is 0.271 e. The number of H-pyrrole nitrogens is 1. The van der Waals surface area contributed by atoms with E-state index in [1.165, 1.54) is 0 Å². The van der Waals surface area contributed by atoms with Gasteiger partial charge in [0.05, 0.1) is 17.5 Å². The van der Waals surface area contributed by atoms with Crippen molar-refractivity contribution in [1.29, 1.82) is 5.26 Å². The van der Waals surface area contributed by atoms with Gasteiger partial charge in [-0.05, 0) is 50.3 Å². The summed E-state index contributed by atoms with van der Waals surface area (Å²) < 4.78 is 58.3. The largest absolute Gasteiger partial charge is 0.356 e. The van der Waals surface area contributed by atoms with Crippen LogP contribution in [0.15, 0.2) is 18.2 Å². The van der Waals surface area contributed by atoms with E-state index >= 15 is 0 Å². The first-order valence-corrected chi connectivity index (χ1v) is 12.3. The molecule has 1 aliphatic carbocycles. The molecule has 1 aromatic heterocycles. The number of aromatic amines is 1. The van der Waals surface area contributed by atoms with E-state index in [0.717, 1.165) is 29.5 Å². The molecule has 12 heteroatoms. The van der Waals surface area contributed by atoms with Gasteiger partial charge in [0.15, 0.2) is 0 Å². The van der Waals surface area contributed by atoms with Crippen LogP contribution in [0, 0.1) is 34.8 Å². The second-order valence-electron chi connectivity index (χ2n) is 10.0. The maximum absolute atomic E-state index is 14.9. The monoisotopic (exact) mass is 519 g/mol. The number of halogens is 4. The highest BCUT2D eigenvalue weighted by atomic mass is 19.3. The number of amides is 3. The number of benzene rings is 1.